The number of hydrogen-bond acceptors (Lipinski definition) is 2. The molecule has 2 nitrogen and oxygen atoms in total. The van der Waals surface area contributed by atoms with Crippen molar-refractivity contribution >= 4 is 11.0 Å². The molecule has 0 radical (unpaired) electrons. The van der Waals surface area contributed by atoms with Gasteiger partial charge in [-0.1, -0.05) is 73.6 Å². The third kappa shape index (κ3) is 10.1. The highest BCUT2D eigenvalue weighted by atomic mass is 16.4. The van der Waals surface area contributed by atoms with Crippen molar-refractivity contribution in [2.45, 2.75) is 55.4 Å². The van der Waals surface area contributed by atoms with Crippen LogP contribution in [0.15, 0.2) is 45.6 Å². The van der Waals surface area contributed by atoms with Crippen molar-refractivity contribution in [1.29, 1.82) is 0 Å². The third-order valence-corrected chi connectivity index (χ3v) is 1.53. The second-order valence-corrected chi connectivity index (χ2v) is 2.29. The van der Waals surface area contributed by atoms with Gasteiger partial charge < -0.3 is 4.42 Å². The van der Waals surface area contributed by atoms with Crippen LogP contribution in [-0.2, 0) is 0 Å². The van der Waals surface area contributed by atoms with Crippen molar-refractivity contribution in [3.05, 3.63) is 46.8 Å². The van der Waals surface area contributed by atoms with Crippen molar-refractivity contribution in [2.75, 3.05) is 0 Å². The normalized spacial score (nSPS) is 7.16. The monoisotopic (exact) mass is 266 g/mol. The highest BCUT2D eigenvalue weighted by Crippen LogP contribution is 2.08. The molecule has 0 unspecified atom stereocenters. The molecule has 0 bridgehead atoms. The van der Waals surface area contributed by atoms with Gasteiger partial charge in [-0.2, -0.15) is 0 Å². The molecule has 1 aromatic carbocycles. The van der Waals surface area contributed by atoms with E-state index in [0.29, 0.717) is 5.58 Å². The maximum atomic E-state index is 10.7. The molecule has 0 aliphatic heterocycles. The van der Waals surface area contributed by atoms with Crippen LogP contribution in [0.4, 0.5) is 0 Å². The molecule has 0 spiro atoms. The predicted molar refractivity (Wildman–Crippen MR) is 87.9 cm³/mol. The van der Waals surface area contributed by atoms with Crippen LogP contribution in [0.2, 0.25) is 0 Å². The molecule has 2 rings (SSSR count). The first-order valence-electron chi connectivity index (χ1n) is 7.35. The van der Waals surface area contributed by atoms with E-state index < -0.39 is 0 Å². The largest absolute Gasteiger partial charge is 0.423 e. The van der Waals surface area contributed by atoms with Gasteiger partial charge in [-0.25, -0.2) is 4.79 Å². The second kappa shape index (κ2) is 18.8. The van der Waals surface area contributed by atoms with Crippen LogP contribution < -0.4 is 5.63 Å². The van der Waals surface area contributed by atoms with Crippen LogP contribution >= 0.6 is 0 Å². The molecule has 0 aliphatic carbocycles. The summed E-state index contributed by atoms with van der Waals surface area (Å²) in [6, 6.07) is 10.6. The van der Waals surface area contributed by atoms with E-state index in [2.05, 4.69) is 0 Å². The summed E-state index contributed by atoms with van der Waals surface area (Å²) < 4.78 is 4.91. The van der Waals surface area contributed by atoms with Crippen molar-refractivity contribution < 1.29 is 4.42 Å². The van der Waals surface area contributed by atoms with Gasteiger partial charge in [0.15, 0.2) is 0 Å². The van der Waals surface area contributed by atoms with E-state index in [1.54, 1.807) is 12.1 Å². The van der Waals surface area contributed by atoms with Gasteiger partial charge in [0.05, 0.1) is 0 Å². The molecular weight excluding hydrogens is 236 g/mol. The minimum Gasteiger partial charge on any atom is -0.423 e. The molecule has 1 aromatic heterocycles. The van der Waals surface area contributed by atoms with Crippen molar-refractivity contribution in [3.63, 3.8) is 0 Å². The lowest BCUT2D eigenvalue weighted by atomic mass is 10.2. The van der Waals surface area contributed by atoms with Crippen molar-refractivity contribution in [2.24, 2.45) is 0 Å². The van der Waals surface area contributed by atoms with Crippen molar-refractivity contribution in [1.82, 2.24) is 0 Å². The first-order valence-corrected chi connectivity index (χ1v) is 7.35. The fraction of sp³-hybridized carbons (Fsp3) is 0.471. The minimum atomic E-state index is -0.302. The summed E-state index contributed by atoms with van der Waals surface area (Å²) in [4.78, 5) is 10.7. The summed E-state index contributed by atoms with van der Waals surface area (Å²) in [5, 5.41) is 0.951. The maximum Gasteiger partial charge on any atom is 0.336 e. The predicted octanol–water partition coefficient (Wildman–Crippen LogP) is 5.90. The fourth-order valence-electron chi connectivity index (χ4n) is 1.01. The molecule has 0 N–H and O–H groups in total. The lowest BCUT2D eigenvalue weighted by Crippen LogP contribution is -1.93. The molecular formula is C17H30O2. The van der Waals surface area contributed by atoms with E-state index in [1.165, 1.54) is 6.07 Å². The van der Waals surface area contributed by atoms with Crippen LogP contribution in [0.3, 0.4) is 0 Å². The van der Waals surface area contributed by atoms with Gasteiger partial charge in [0.25, 0.3) is 0 Å². The second-order valence-electron chi connectivity index (χ2n) is 2.29. The van der Waals surface area contributed by atoms with Gasteiger partial charge in [-0.3, -0.25) is 0 Å². The molecule has 0 saturated carbocycles. The first-order chi connectivity index (χ1) is 9.36. The quantitative estimate of drug-likeness (QED) is 0.556. The molecule has 110 valence electrons. The highest BCUT2D eigenvalue weighted by molar-refractivity contribution is 5.75. The number of benzene rings is 1. The Morgan fingerprint density at radius 2 is 1.16 bits per heavy atom. The Hall–Kier alpha value is -1.57. The summed E-state index contributed by atoms with van der Waals surface area (Å²) in [6.07, 6.45) is 0. The molecule has 0 amide bonds. The Kier molecular flexibility index (Phi) is 22.3. The number of fused-ring (bicyclic) bond motifs is 1. The first kappa shape index (κ1) is 22.6. The summed E-state index contributed by atoms with van der Waals surface area (Å²) in [5.74, 6) is 0. The van der Waals surface area contributed by atoms with Crippen LogP contribution in [0.5, 0.6) is 0 Å². The van der Waals surface area contributed by atoms with Gasteiger partial charge >= 0.3 is 5.63 Å². The average Bonchev–Trinajstić information content (AvgIpc) is 2.55. The molecule has 0 fully saturated rings. The Morgan fingerprint density at radius 1 is 0.684 bits per heavy atom. The summed E-state index contributed by atoms with van der Waals surface area (Å²) in [6.45, 7) is 16.0. The van der Waals surface area contributed by atoms with E-state index in [9.17, 15) is 4.79 Å². The van der Waals surface area contributed by atoms with Crippen LogP contribution in [0, 0.1) is 0 Å². The van der Waals surface area contributed by atoms with E-state index in [0.717, 1.165) is 5.39 Å². The Bertz CT molecular complexity index is 430. The van der Waals surface area contributed by atoms with E-state index in [-0.39, 0.29) is 5.63 Å². The SMILES string of the molecule is CC.CC.CC.CC.O=c1ccc2ccccc2o1. The van der Waals surface area contributed by atoms with Crippen molar-refractivity contribution in [3.8, 4) is 0 Å². The standard InChI is InChI=1S/C9H6O2.4C2H6/c10-9-6-5-7-3-1-2-4-8(7)11-9;4*1-2/h1-6H;4*1-2H3. The summed E-state index contributed by atoms with van der Waals surface area (Å²) in [5.41, 5.74) is 0.337. The average molecular weight is 266 g/mol. The molecule has 1 heterocycles. The fourth-order valence-corrected chi connectivity index (χ4v) is 1.01. The van der Waals surface area contributed by atoms with E-state index in [4.69, 9.17) is 4.42 Å². The van der Waals surface area contributed by atoms with Crippen LogP contribution in [0.25, 0.3) is 11.0 Å². The zero-order valence-electron chi connectivity index (χ0n) is 13.8. The van der Waals surface area contributed by atoms with Gasteiger partial charge in [0.1, 0.15) is 5.58 Å². The van der Waals surface area contributed by atoms with Gasteiger partial charge in [-0.15, -0.1) is 0 Å². The zero-order chi connectivity index (χ0) is 15.7. The molecule has 2 aromatic rings. The lowest BCUT2D eigenvalue weighted by molar-refractivity contribution is 0.561. The van der Waals surface area contributed by atoms with Gasteiger partial charge in [0, 0.05) is 11.5 Å². The van der Waals surface area contributed by atoms with Gasteiger partial charge in [0.2, 0.25) is 0 Å². The lowest BCUT2D eigenvalue weighted by Gasteiger charge is -1.91. The summed E-state index contributed by atoms with van der Waals surface area (Å²) >= 11 is 0. The molecule has 19 heavy (non-hydrogen) atoms. The number of rotatable bonds is 0. The van der Waals surface area contributed by atoms with Gasteiger partial charge in [-0.05, 0) is 12.1 Å². The number of hydrogen-bond donors (Lipinski definition) is 0. The molecule has 0 atom stereocenters. The third-order valence-electron chi connectivity index (χ3n) is 1.53. The van der Waals surface area contributed by atoms with Crippen LogP contribution in [-0.4, -0.2) is 0 Å². The molecule has 0 aliphatic rings. The Labute approximate surface area is 118 Å². The maximum absolute atomic E-state index is 10.7. The molecule has 2 heteroatoms. The van der Waals surface area contributed by atoms with E-state index >= 15 is 0 Å². The Morgan fingerprint density at radius 3 is 1.68 bits per heavy atom. The zero-order valence-corrected chi connectivity index (χ0v) is 13.8. The molecule has 0 saturated heterocycles. The minimum absolute atomic E-state index is 0.302. The summed E-state index contributed by atoms with van der Waals surface area (Å²) in [7, 11) is 0. The number of para-hydroxylation sites is 1. The Balaban J connectivity index is -0.000000278. The highest BCUT2D eigenvalue weighted by Gasteiger charge is 1.92. The van der Waals surface area contributed by atoms with Crippen LogP contribution in [0.1, 0.15) is 55.4 Å². The van der Waals surface area contributed by atoms with E-state index in [1.807, 2.05) is 73.6 Å². The topological polar surface area (TPSA) is 30.2 Å². The smallest absolute Gasteiger partial charge is 0.336 e.